The van der Waals surface area contributed by atoms with E-state index in [1.54, 1.807) is 12.1 Å². The smallest absolute Gasteiger partial charge is 0.349 e. The Kier molecular flexibility index (Phi) is 6.03. The highest BCUT2D eigenvalue weighted by Crippen LogP contribution is 2.32. The van der Waals surface area contributed by atoms with Crippen LogP contribution in [0.2, 0.25) is 0 Å². The number of piperidine rings is 1. The standard InChI is InChI=1S/C24H22F3N3O2/c25-24(26,27)21-6-2-1-5-20(21)23(32)30-15-11-18(12-16-30)28-22(31)17-7-9-19(10-8-17)29-13-3-4-14-29/h1-10,13-14,18H,11-12,15-16H2,(H,28,31). The molecule has 0 unspecified atom stereocenters. The molecule has 5 nitrogen and oxygen atoms in total. The minimum absolute atomic E-state index is 0.145. The molecule has 2 aromatic carbocycles. The Bertz CT molecular complexity index is 1080. The second-order valence-electron chi connectivity index (χ2n) is 7.72. The van der Waals surface area contributed by atoms with Crippen LogP contribution in [-0.4, -0.2) is 40.4 Å². The summed E-state index contributed by atoms with van der Waals surface area (Å²) in [5.74, 6) is -0.848. The molecule has 1 fully saturated rings. The fraction of sp³-hybridized carbons (Fsp3) is 0.250. The van der Waals surface area contributed by atoms with Gasteiger partial charge in [-0.2, -0.15) is 13.2 Å². The van der Waals surface area contributed by atoms with Gasteiger partial charge in [0.25, 0.3) is 11.8 Å². The minimum atomic E-state index is -4.59. The van der Waals surface area contributed by atoms with Gasteiger partial charge in [0, 0.05) is 42.8 Å². The number of hydrogen-bond acceptors (Lipinski definition) is 2. The molecule has 0 bridgehead atoms. The summed E-state index contributed by atoms with van der Waals surface area (Å²) < 4.78 is 41.6. The van der Waals surface area contributed by atoms with Crippen molar-refractivity contribution < 1.29 is 22.8 Å². The number of hydrogen-bond donors (Lipinski definition) is 1. The molecule has 0 radical (unpaired) electrons. The maximum Gasteiger partial charge on any atom is 0.417 e. The number of carbonyl (C=O) groups is 2. The summed E-state index contributed by atoms with van der Waals surface area (Å²) in [4.78, 5) is 26.7. The number of carbonyl (C=O) groups excluding carboxylic acids is 2. The first-order valence-electron chi connectivity index (χ1n) is 10.3. The van der Waals surface area contributed by atoms with Crippen LogP contribution in [0.25, 0.3) is 5.69 Å². The van der Waals surface area contributed by atoms with E-state index in [9.17, 15) is 22.8 Å². The van der Waals surface area contributed by atoms with E-state index in [0.29, 0.717) is 18.4 Å². The lowest BCUT2D eigenvalue weighted by Gasteiger charge is -2.33. The lowest BCUT2D eigenvalue weighted by molar-refractivity contribution is -0.138. The summed E-state index contributed by atoms with van der Waals surface area (Å²) in [5.41, 5.74) is 0.199. The van der Waals surface area contributed by atoms with Crippen molar-refractivity contribution in [1.82, 2.24) is 14.8 Å². The molecule has 4 rings (SSSR count). The molecule has 0 spiro atoms. The average molecular weight is 441 g/mol. The highest BCUT2D eigenvalue weighted by Gasteiger charge is 2.36. The predicted molar refractivity (Wildman–Crippen MR) is 114 cm³/mol. The van der Waals surface area contributed by atoms with Crippen molar-refractivity contribution in [2.24, 2.45) is 0 Å². The maximum absolute atomic E-state index is 13.2. The average Bonchev–Trinajstić information content (AvgIpc) is 3.34. The topological polar surface area (TPSA) is 54.3 Å². The molecule has 166 valence electrons. The molecule has 1 saturated heterocycles. The van der Waals surface area contributed by atoms with E-state index < -0.39 is 17.6 Å². The number of amides is 2. The van der Waals surface area contributed by atoms with Gasteiger partial charge in [-0.3, -0.25) is 9.59 Å². The molecule has 0 saturated carbocycles. The number of benzene rings is 2. The number of likely N-dealkylation sites (tertiary alicyclic amines) is 1. The molecule has 1 aliphatic heterocycles. The Hall–Kier alpha value is -3.55. The molecule has 1 aromatic heterocycles. The Labute approximate surface area is 183 Å². The van der Waals surface area contributed by atoms with E-state index in [-0.39, 0.29) is 30.6 Å². The summed E-state index contributed by atoms with van der Waals surface area (Å²) in [6, 6.07) is 15.7. The van der Waals surface area contributed by atoms with Gasteiger partial charge < -0.3 is 14.8 Å². The number of rotatable bonds is 4. The maximum atomic E-state index is 13.2. The molecule has 2 heterocycles. The predicted octanol–water partition coefficient (Wildman–Crippen LogP) is 4.53. The van der Waals surface area contributed by atoms with Gasteiger partial charge in [-0.15, -0.1) is 0 Å². The highest BCUT2D eigenvalue weighted by atomic mass is 19.4. The van der Waals surface area contributed by atoms with Crippen molar-refractivity contribution in [2.75, 3.05) is 13.1 Å². The van der Waals surface area contributed by atoms with E-state index in [0.717, 1.165) is 11.8 Å². The third kappa shape index (κ3) is 4.69. The number of alkyl halides is 3. The van der Waals surface area contributed by atoms with Crippen LogP contribution in [0, 0.1) is 0 Å². The Morgan fingerprint density at radius 2 is 1.50 bits per heavy atom. The highest BCUT2D eigenvalue weighted by molar-refractivity contribution is 5.96. The zero-order valence-electron chi connectivity index (χ0n) is 17.2. The summed E-state index contributed by atoms with van der Waals surface area (Å²) >= 11 is 0. The molecule has 0 atom stereocenters. The van der Waals surface area contributed by atoms with Gasteiger partial charge >= 0.3 is 6.18 Å². The van der Waals surface area contributed by atoms with Crippen molar-refractivity contribution in [1.29, 1.82) is 0 Å². The summed E-state index contributed by atoms with van der Waals surface area (Å²) in [6.45, 7) is 0.561. The quantitative estimate of drug-likeness (QED) is 0.647. The molecule has 3 aromatic rings. The van der Waals surface area contributed by atoms with Crippen molar-refractivity contribution in [3.8, 4) is 5.69 Å². The molecular formula is C24H22F3N3O2. The molecular weight excluding hydrogens is 419 g/mol. The van der Waals surface area contributed by atoms with Gasteiger partial charge in [-0.05, 0) is 61.4 Å². The van der Waals surface area contributed by atoms with Gasteiger partial charge in [0.05, 0.1) is 11.1 Å². The van der Waals surface area contributed by atoms with Gasteiger partial charge in [-0.25, -0.2) is 0 Å². The summed E-state index contributed by atoms with van der Waals surface area (Å²) in [5, 5.41) is 2.96. The van der Waals surface area contributed by atoms with Crippen LogP contribution in [0.15, 0.2) is 73.1 Å². The number of nitrogens with one attached hydrogen (secondary N) is 1. The van der Waals surface area contributed by atoms with Gasteiger partial charge in [0.15, 0.2) is 0 Å². The first-order chi connectivity index (χ1) is 15.3. The summed E-state index contributed by atoms with van der Waals surface area (Å²) in [6.07, 6.45) is 0.199. The first kappa shape index (κ1) is 21.7. The lowest BCUT2D eigenvalue weighted by Crippen LogP contribution is -2.46. The van der Waals surface area contributed by atoms with Gasteiger partial charge in [-0.1, -0.05) is 12.1 Å². The Morgan fingerprint density at radius 1 is 0.875 bits per heavy atom. The molecule has 8 heteroatoms. The van der Waals surface area contributed by atoms with Gasteiger partial charge in [0.1, 0.15) is 0 Å². The molecule has 2 amide bonds. The van der Waals surface area contributed by atoms with Crippen LogP contribution in [0.1, 0.15) is 39.1 Å². The van der Waals surface area contributed by atoms with Crippen LogP contribution >= 0.6 is 0 Å². The second-order valence-corrected chi connectivity index (χ2v) is 7.72. The molecule has 1 N–H and O–H groups in total. The third-order valence-electron chi connectivity index (χ3n) is 5.61. The second kappa shape index (κ2) is 8.90. The van der Waals surface area contributed by atoms with Crippen molar-refractivity contribution in [3.05, 3.63) is 89.7 Å². The number of aromatic nitrogens is 1. The molecule has 1 aliphatic rings. The van der Waals surface area contributed by atoms with E-state index in [1.165, 1.54) is 23.1 Å². The number of nitrogens with zero attached hydrogens (tertiary/aromatic N) is 2. The largest absolute Gasteiger partial charge is 0.417 e. The van der Waals surface area contributed by atoms with E-state index in [2.05, 4.69) is 5.32 Å². The third-order valence-corrected chi connectivity index (χ3v) is 5.61. The molecule has 32 heavy (non-hydrogen) atoms. The van der Waals surface area contributed by atoms with Crippen LogP contribution in [0.3, 0.4) is 0 Å². The Balaban J connectivity index is 1.34. The zero-order chi connectivity index (χ0) is 22.7. The van der Waals surface area contributed by atoms with Crippen LogP contribution in [-0.2, 0) is 6.18 Å². The fourth-order valence-electron chi connectivity index (χ4n) is 3.87. The number of halogens is 3. The van der Waals surface area contributed by atoms with Gasteiger partial charge in [0.2, 0.25) is 0 Å². The monoisotopic (exact) mass is 441 g/mol. The van der Waals surface area contributed by atoms with E-state index in [1.807, 2.05) is 41.2 Å². The zero-order valence-corrected chi connectivity index (χ0v) is 17.2. The first-order valence-corrected chi connectivity index (χ1v) is 10.3. The Morgan fingerprint density at radius 3 is 2.12 bits per heavy atom. The molecule has 0 aliphatic carbocycles. The SMILES string of the molecule is O=C(NC1CCN(C(=O)c2ccccc2C(F)(F)F)CC1)c1ccc(-n2cccc2)cc1. The van der Waals surface area contributed by atoms with Crippen LogP contribution in [0.4, 0.5) is 13.2 Å². The minimum Gasteiger partial charge on any atom is -0.349 e. The normalized spacial score (nSPS) is 14.9. The van der Waals surface area contributed by atoms with Crippen molar-refractivity contribution in [3.63, 3.8) is 0 Å². The van der Waals surface area contributed by atoms with Crippen molar-refractivity contribution in [2.45, 2.75) is 25.1 Å². The lowest BCUT2D eigenvalue weighted by atomic mass is 10.0. The van der Waals surface area contributed by atoms with Crippen molar-refractivity contribution >= 4 is 11.8 Å². The van der Waals surface area contributed by atoms with Crippen LogP contribution < -0.4 is 5.32 Å². The fourth-order valence-corrected chi connectivity index (χ4v) is 3.87. The van der Waals surface area contributed by atoms with E-state index >= 15 is 0 Å². The van der Waals surface area contributed by atoms with E-state index in [4.69, 9.17) is 0 Å². The summed E-state index contributed by atoms with van der Waals surface area (Å²) in [7, 11) is 0. The van der Waals surface area contributed by atoms with Crippen LogP contribution in [0.5, 0.6) is 0 Å².